The van der Waals surface area contributed by atoms with Crippen LogP contribution < -0.4 is 10.1 Å². The molecule has 11 heteroatoms. The monoisotopic (exact) mass is 476 g/mol. The minimum absolute atomic E-state index is 0.0757. The molecule has 1 aliphatic rings. The van der Waals surface area contributed by atoms with Gasteiger partial charge in [0.25, 0.3) is 5.91 Å². The number of rotatable bonds is 6. The third-order valence-corrected chi connectivity index (χ3v) is 6.94. The number of carbonyl (C=O) groups is 1. The lowest BCUT2D eigenvalue weighted by Crippen LogP contribution is -2.35. The third kappa shape index (κ3) is 5.90. The lowest BCUT2D eigenvalue weighted by Gasteiger charge is -2.25. The van der Waals surface area contributed by atoms with Crippen LogP contribution in [0.2, 0.25) is 5.02 Å². The van der Waals surface area contributed by atoms with Crippen molar-refractivity contribution in [2.45, 2.75) is 30.3 Å². The second-order valence-corrected chi connectivity index (χ2v) is 9.31. The van der Waals surface area contributed by atoms with Crippen molar-refractivity contribution in [2.24, 2.45) is 0 Å². The highest BCUT2D eigenvalue weighted by Crippen LogP contribution is 2.36. The van der Waals surface area contributed by atoms with Crippen molar-refractivity contribution >= 4 is 33.2 Å². The van der Waals surface area contributed by atoms with Gasteiger partial charge < -0.3 is 10.1 Å². The van der Waals surface area contributed by atoms with Gasteiger partial charge in [-0.25, -0.2) is 8.42 Å². The van der Waals surface area contributed by atoms with Crippen LogP contribution in [0.15, 0.2) is 47.4 Å². The van der Waals surface area contributed by atoms with E-state index >= 15 is 0 Å². The van der Waals surface area contributed by atoms with Crippen molar-refractivity contribution in [3.8, 4) is 5.75 Å². The first-order valence-electron chi connectivity index (χ1n) is 9.47. The summed E-state index contributed by atoms with van der Waals surface area (Å²) in [6.45, 7) is 0.505. The molecule has 0 saturated carbocycles. The summed E-state index contributed by atoms with van der Waals surface area (Å²) >= 11 is 5.55. The summed E-state index contributed by atoms with van der Waals surface area (Å²) in [7, 11) is -3.57. The average Bonchev–Trinajstić information content (AvgIpc) is 2.74. The van der Waals surface area contributed by atoms with Gasteiger partial charge in [-0.05, 0) is 55.3 Å². The van der Waals surface area contributed by atoms with E-state index in [2.05, 4.69) is 5.32 Å². The van der Waals surface area contributed by atoms with Crippen LogP contribution in [0.4, 0.5) is 18.9 Å². The van der Waals surface area contributed by atoms with Gasteiger partial charge in [-0.3, -0.25) is 4.79 Å². The van der Waals surface area contributed by atoms with Crippen molar-refractivity contribution in [2.75, 3.05) is 25.0 Å². The van der Waals surface area contributed by atoms with E-state index in [0.29, 0.717) is 13.1 Å². The van der Waals surface area contributed by atoms with Crippen molar-refractivity contribution < 1.29 is 31.1 Å². The fourth-order valence-corrected chi connectivity index (χ4v) is 4.87. The molecule has 1 saturated heterocycles. The normalized spacial score (nSPS) is 15.5. The zero-order chi connectivity index (χ0) is 22.6. The molecular weight excluding hydrogens is 457 g/mol. The number of anilines is 1. The molecule has 2 aromatic rings. The van der Waals surface area contributed by atoms with Gasteiger partial charge in [-0.2, -0.15) is 17.5 Å². The molecule has 1 heterocycles. The zero-order valence-corrected chi connectivity index (χ0v) is 17.9. The molecule has 0 aliphatic carbocycles. The predicted molar refractivity (Wildman–Crippen MR) is 110 cm³/mol. The van der Waals surface area contributed by atoms with Gasteiger partial charge in [-0.1, -0.05) is 18.0 Å². The van der Waals surface area contributed by atoms with E-state index in [9.17, 15) is 26.4 Å². The molecule has 0 radical (unpaired) electrons. The zero-order valence-electron chi connectivity index (χ0n) is 16.3. The number of halogens is 4. The Morgan fingerprint density at radius 1 is 1.06 bits per heavy atom. The van der Waals surface area contributed by atoms with Crippen LogP contribution in [0.1, 0.15) is 24.8 Å². The van der Waals surface area contributed by atoms with Crippen molar-refractivity contribution in [1.82, 2.24) is 4.31 Å². The smallest absolute Gasteiger partial charge is 0.417 e. The van der Waals surface area contributed by atoms with Gasteiger partial charge in [0.05, 0.1) is 15.5 Å². The highest BCUT2D eigenvalue weighted by molar-refractivity contribution is 7.89. The maximum absolute atomic E-state index is 12.9. The van der Waals surface area contributed by atoms with Crippen LogP contribution in [-0.2, 0) is 21.0 Å². The number of hydrogen-bond acceptors (Lipinski definition) is 4. The topological polar surface area (TPSA) is 75.7 Å². The maximum Gasteiger partial charge on any atom is 0.417 e. The Hall–Kier alpha value is -2.30. The molecule has 1 fully saturated rings. The highest BCUT2D eigenvalue weighted by atomic mass is 35.5. The van der Waals surface area contributed by atoms with Crippen LogP contribution in [0, 0.1) is 0 Å². The molecule has 0 aromatic heterocycles. The number of ether oxygens (including phenoxy) is 1. The minimum atomic E-state index is -4.65. The van der Waals surface area contributed by atoms with E-state index in [0.717, 1.165) is 31.4 Å². The molecule has 1 N–H and O–H groups in total. The molecular formula is C20H20ClF3N2O4S. The summed E-state index contributed by atoms with van der Waals surface area (Å²) in [4.78, 5) is 12.1. The molecule has 0 bridgehead atoms. The van der Waals surface area contributed by atoms with Gasteiger partial charge in [-0.15, -0.1) is 0 Å². The molecule has 168 valence electrons. The van der Waals surface area contributed by atoms with E-state index in [1.54, 1.807) is 0 Å². The largest absolute Gasteiger partial charge is 0.484 e. The quantitative estimate of drug-likeness (QED) is 0.663. The first-order valence-corrected chi connectivity index (χ1v) is 11.3. The summed E-state index contributed by atoms with van der Waals surface area (Å²) < 4.78 is 70.7. The van der Waals surface area contributed by atoms with Gasteiger partial charge in [0, 0.05) is 18.8 Å². The van der Waals surface area contributed by atoms with Gasteiger partial charge in [0.15, 0.2) is 6.61 Å². The Kier molecular flexibility index (Phi) is 7.13. The molecule has 2 aromatic carbocycles. The van der Waals surface area contributed by atoms with E-state index < -0.39 is 39.3 Å². The van der Waals surface area contributed by atoms with E-state index in [-0.39, 0.29) is 16.3 Å². The predicted octanol–water partition coefficient (Wildman–Crippen LogP) is 4.55. The Morgan fingerprint density at radius 2 is 1.71 bits per heavy atom. The van der Waals surface area contributed by atoms with Crippen LogP contribution in [0.25, 0.3) is 0 Å². The van der Waals surface area contributed by atoms with E-state index in [4.69, 9.17) is 16.3 Å². The second-order valence-electron chi connectivity index (χ2n) is 6.97. The van der Waals surface area contributed by atoms with E-state index in [1.807, 2.05) is 0 Å². The van der Waals surface area contributed by atoms with Gasteiger partial charge >= 0.3 is 6.18 Å². The minimum Gasteiger partial charge on any atom is -0.484 e. The summed E-state index contributed by atoms with van der Waals surface area (Å²) in [5.74, 6) is -0.430. The van der Waals surface area contributed by atoms with Gasteiger partial charge in [0.1, 0.15) is 5.75 Å². The number of hydrogen-bond donors (Lipinski definition) is 1. The van der Waals surface area contributed by atoms with Crippen molar-refractivity contribution in [1.29, 1.82) is 0 Å². The Morgan fingerprint density at radius 3 is 2.32 bits per heavy atom. The third-order valence-electron chi connectivity index (χ3n) is 4.70. The Bertz CT molecular complexity index is 1040. The number of piperidine rings is 1. The number of alkyl halides is 3. The number of carbonyl (C=O) groups excluding carboxylic acids is 1. The van der Waals surface area contributed by atoms with E-state index in [1.165, 1.54) is 34.6 Å². The maximum atomic E-state index is 12.9. The van der Waals surface area contributed by atoms with Crippen LogP contribution in [0.5, 0.6) is 5.75 Å². The van der Waals surface area contributed by atoms with Crippen LogP contribution in [0.3, 0.4) is 0 Å². The number of nitrogens with zero attached hydrogens (tertiary/aromatic N) is 1. The molecule has 3 rings (SSSR count). The van der Waals surface area contributed by atoms with Gasteiger partial charge in [0.2, 0.25) is 10.0 Å². The van der Waals surface area contributed by atoms with Crippen molar-refractivity contribution in [3.63, 3.8) is 0 Å². The fourth-order valence-electron chi connectivity index (χ4n) is 3.13. The summed E-state index contributed by atoms with van der Waals surface area (Å²) in [5, 5.41) is 1.83. The molecule has 1 amide bonds. The lowest BCUT2D eigenvalue weighted by molar-refractivity contribution is -0.137. The highest BCUT2D eigenvalue weighted by Gasteiger charge is 2.33. The number of benzene rings is 2. The average molecular weight is 477 g/mol. The number of sulfonamides is 1. The molecule has 0 atom stereocenters. The fraction of sp³-hybridized carbons (Fsp3) is 0.350. The number of amides is 1. The second kappa shape index (κ2) is 9.46. The van der Waals surface area contributed by atoms with Crippen molar-refractivity contribution in [3.05, 3.63) is 53.1 Å². The summed E-state index contributed by atoms with van der Waals surface area (Å²) in [6.07, 6.45) is -1.99. The molecule has 0 unspecified atom stereocenters. The lowest BCUT2D eigenvalue weighted by atomic mass is 10.2. The summed E-state index contributed by atoms with van der Waals surface area (Å²) in [6, 6.07) is 8.67. The summed E-state index contributed by atoms with van der Waals surface area (Å²) in [5.41, 5.74) is -1.13. The molecule has 1 aliphatic heterocycles. The van der Waals surface area contributed by atoms with Crippen LogP contribution >= 0.6 is 11.6 Å². The molecule has 0 spiro atoms. The van der Waals surface area contributed by atoms with Crippen LogP contribution in [-0.4, -0.2) is 38.3 Å². The Balaban J connectivity index is 1.58. The standard InChI is InChI=1S/C20H20ClF3N2O4S/c21-18-9-4-14(12-17(18)20(22,23)24)25-19(27)13-30-15-5-7-16(8-6-15)31(28,29)26-10-2-1-3-11-26/h4-9,12H,1-3,10-11,13H2,(H,25,27). The SMILES string of the molecule is O=C(COc1ccc(S(=O)(=O)N2CCCCC2)cc1)Nc1ccc(Cl)c(C(F)(F)F)c1. The number of nitrogens with one attached hydrogen (secondary N) is 1. The molecule has 31 heavy (non-hydrogen) atoms. The Labute approximate surface area is 183 Å². The first kappa shape index (κ1) is 23.4. The molecule has 6 nitrogen and oxygen atoms in total. The first-order chi connectivity index (χ1) is 14.6.